The SMILES string of the molecule is Cc1cccc(Nc2ccncc2S(=O)(=O)NC(=O)NC(C)C)c1.O=c1c2cccnc2oc2c(Cl)cc(-c3nn[nH]n3)cc12.[H-].[Na+]. The minimum Gasteiger partial charge on any atom is -1.00 e. The van der Waals surface area contributed by atoms with Gasteiger partial charge in [-0.2, -0.15) is 5.21 Å². The number of aromatic nitrogens is 6. The third kappa shape index (κ3) is 8.05. The molecule has 4 aromatic heterocycles. The average Bonchev–Trinajstić information content (AvgIpc) is 3.53. The van der Waals surface area contributed by atoms with E-state index in [-0.39, 0.29) is 58.1 Å². The van der Waals surface area contributed by atoms with Gasteiger partial charge in [0.2, 0.25) is 17.0 Å². The van der Waals surface area contributed by atoms with Crippen molar-refractivity contribution in [3.63, 3.8) is 0 Å². The van der Waals surface area contributed by atoms with Crippen LogP contribution in [-0.4, -0.2) is 51.1 Å². The van der Waals surface area contributed by atoms with Crippen LogP contribution in [0.2, 0.25) is 5.02 Å². The molecular formula is C29H27ClN9NaO5S. The minimum atomic E-state index is -4.05. The number of fused-ring (bicyclic) bond motifs is 2. The Morgan fingerprint density at radius 3 is 2.59 bits per heavy atom. The molecule has 4 N–H and O–H groups in total. The number of aryl methyl sites for hydroxylation is 1. The number of hydrogen-bond acceptors (Lipinski definition) is 11. The molecule has 0 aliphatic carbocycles. The average molecular weight is 672 g/mol. The van der Waals surface area contributed by atoms with Crippen LogP contribution in [0.4, 0.5) is 16.2 Å². The fraction of sp³-hybridized carbons (Fsp3) is 0.138. The van der Waals surface area contributed by atoms with Crippen LogP contribution < -0.4 is 50.3 Å². The van der Waals surface area contributed by atoms with Crippen LogP contribution in [0, 0.1) is 6.92 Å². The quantitative estimate of drug-likeness (QED) is 0.149. The van der Waals surface area contributed by atoms with Crippen LogP contribution in [0.25, 0.3) is 33.5 Å². The van der Waals surface area contributed by atoms with Gasteiger partial charge in [0.15, 0.2) is 5.58 Å². The number of benzene rings is 2. The summed E-state index contributed by atoms with van der Waals surface area (Å²) >= 11 is 6.20. The summed E-state index contributed by atoms with van der Waals surface area (Å²) in [6, 6.07) is 14.7. The number of halogens is 1. The van der Waals surface area contributed by atoms with Crippen molar-refractivity contribution in [2.75, 3.05) is 5.32 Å². The van der Waals surface area contributed by atoms with Gasteiger partial charge < -0.3 is 16.5 Å². The van der Waals surface area contributed by atoms with Gasteiger partial charge >= 0.3 is 35.6 Å². The van der Waals surface area contributed by atoms with Gasteiger partial charge in [-0.1, -0.05) is 23.7 Å². The van der Waals surface area contributed by atoms with Crippen molar-refractivity contribution in [2.24, 2.45) is 0 Å². The number of amides is 2. The van der Waals surface area contributed by atoms with E-state index in [4.69, 9.17) is 16.0 Å². The van der Waals surface area contributed by atoms with Gasteiger partial charge in [0.1, 0.15) is 4.90 Å². The first-order valence-corrected chi connectivity index (χ1v) is 15.2. The molecule has 6 rings (SSSR count). The molecule has 0 unspecified atom stereocenters. The Balaban J connectivity index is 0.000000246. The molecule has 232 valence electrons. The molecule has 0 radical (unpaired) electrons. The number of hydrogen-bond donors (Lipinski definition) is 4. The molecule has 0 saturated heterocycles. The molecule has 0 fully saturated rings. The van der Waals surface area contributed by atoms with Crippen molar-refractivity contribution in [2.45, 2.75) is 31.7 Å². The summed E-state index contributed by atoms with van der Waals surface area (Å²) in [5, 5.41) is 20.1. The van der Waals surface area contributed by atoms with E-state index >= 15 is 0 Å². The van der Waals surface area contributed by atoms with Crippen molar-refractivity contribution < 1.29 is 48.6 Å². The summed E-state index contributed by atoms with van der Waals surface area (Å²) in [5.41, 5.74) is 3.03. The fourth-order valence-electron chi connectivity index (χ4n) is 4.21. The van der Waals surface area contributed by atoms with E-state index in [1.807, 2.05) is 35.9 Å². The molecule has 0 aliphatic heterocycles. The Kier molecular flexibility index (Phi) is 11.1. The number of aromatic amines is 1. The minimum absolute atomic E-state index is 0. The Hall–Kier alpha value is -4.41. The van der Waals surface area contributed by atoms with Crippen molar-refractivity contribution in [3.05, 3.63) is 94.0 Å². The Morgan fingerprint density at radius 2 is 1.87 bits per heavy atom. The van der Waals surface area contributed by atoms with E-state index in [1.54, 1.807) is 44.3 Å². The van der Waals surface area contributed by atoms with Gasteiger partial charge in [0.25, 0.3) is 10.0 Å². The molecule has 0 saturated carbocycles. The number of H-pyrrole nitrogens is 1. The number of nitrogens with one attached hydrogen (secondary N) is 4. The number of tetrazole rings is 1. The maximum absolute atomic E-state index is 12.5. The van der Waals surface area contributed by atoms with Gasteiger partial charge in [0, 0.05) is 35.9 Å². The molecule has 0 bridgehead atoms. The first-order valence-electron chi connectivity index (χ1n) is 13.4. The second kappa shape index (κ2) is 14.8. The van der Waals surface area contributed by atoms with Crippen molar-refractivity contribution >= 4 is 61.1 Å². The molecule has 0 spiro atoms. The van der Waals surface area contributed by atoms with E-state index in [0.29, 0.717) is 33.4 Å². The summed E-state index contributed by atoms with van der Waals surface area (Å²) in [7, 11) is -4.05. The molecule has 17 heteroatoms. The van der Waals surface area contributed by atoms with E-state index in [9.17, 15) is 18.0 Å². The fourth-order valence-corrected chi connectivity index (χ4v) is 5.49. The van der Waals surface area contributed by atoms with Crippen LogP contribution in [-0.2, 0) is 10.0 Å². The number of anilines is 2. The molecule has 46 heavy (non-hydrogen) atoms. The molecule has 2 amide bonds. The van der Waals surface area contributed by atoms with Crippen molar-refractivity contribution in [1.82, 2.24) is 40.6 Å². The predicted octanol–water partition coefficient (Wildman–Crippen LogP) is 1.82. The normalized spacial score (nSPS) is 11.0. The molecule has 4 heterocycles. The number of urea groups is 1. The topological polar surface area (TPSA) is 198 Å². The zero-order valence-corrected chi connectivity index (χ0v) is 28.6. The zero-order chi connectivity index (χ0) is 32.1. The van der Waals surface area contributed by atoms with E-state index in [0.717, 1.165) is 11.3 Å². The summed E-state index contributed by atoms with van der Waals surface area (Å²) < 4.78 is 32.5. The summed E-state index contributed by atoms with van der Waals surface area (Å²) in [5.74, 6) is 0.351. The summed E-state index contributed by atoms with van der Waals surface area (Å²) in [6.07, 6.45) is 4.23. The van der Waals surface area contributed by atoms with E-state index < -0.39 is 16.1 Å². The number of carbonyl (C=O) groups excluding carboxylic acids is 1. The van der Waals surface area contributed by atoms with E-state index in [1.165, 1.54) is 18.5 Å². The van der Waals surface area contributed by atoms with Crippen LogP contribution in [0.1, 0.15) is 20.8 Å². The monoisotopic (exact) mass is 671 g/mol. The van der Waals surface area contributed by atoms with E-state index in [2.05, 4.69) is 41.2 Å². The van der Waals surface area contributed by atoms with Crippen LogP contribution in [0.5, 0.6) is 0 Å². The third-order valence-corrected chi connectivity index (χ3v) is 7.76. The largest absolute Gasteiger partial charge is 1.00 e. The van der Waals surface area contributed by atoms with Crippen molar-refractivity contribution in [3.8, 4) is 11.4 Å². The molecule has 6 aromatic rings. The second-order valence-electron chi connectivity index (χ2n) is 9.96. The number of rotatable bonds is 6. The molecular weight excluding hydrogens is 645 g/mol. The summed E-state index contributed by atoms with van der Waals surface area (Å²) in [6.45, 7) is 5.41. The molecule has 14 nitrogen and oxygen atoms in total. The maximum Gasteiger partial charge on any atom is 1.00 e. The molecule has 0 atom stereocenters. The second-order valence-corrected chi connectivity index (χ2v) is 12.0. The third-order valence-electron chi connectivity index (χ3n) is 6.12. The number of nitrogens with zero attached hydrogens (tertiary/aromatic N) is 5. The first kappa shape index (κ1) is 34.5. The van der Waals surface area contributed by atoms with Crippen LogP contribution in [0.3, 0.4) is 0 Å². The Labute approximate surface area is 291 Å². The van der Waals surface area contributed by atoms with Gasteiger partial charge in [-0.25, -0.2) is 22.9 Å². The van der Waals surface area contributed by atoms with Crippen LogP contribution in [0.15, 0.2) is 87.3 Å². The molecule has 2 aromatic carbocycles. The molecule has 0 aliphatic rings. The number of pyridine rings is 2. The van der Waals surface area contributed by atoms with Gasteiger partial charge in [-0.05, 0) is 74.0 Å². The number of carbonyl (C=O) groups is 1. The van der Waals surface area contributed by atoms with Gasteiger partial charge in [-0.15, -0.1) is 10.2 Å². The maximum atomic E-state index is 12.5. The smallest absolute Gasteiger partial charge is 1.00 e. The Bertz CT molecular complexity index is 2190. The Morgan fingerprint density at radius 1 is 1.07 bits per heavy atom. The van der Waals surface area contributed by atoms with Gasteiger partial charge in [0.05, 0.1) is 21.5 Å². The standard InChI is InChI=1S/C16H20N4O3S.C13H6ClN5O2.Na.H/c1-11(2)18-16(21)20-24(22,23)15-10-17-8-7-14(15)19-13-6-4-5-12(3)9-13;14-9-5-6(12-16-18-19-17-12)4-8-10(20)7-2-1-3-15-13(7)21-11(8)9;;/h4-11H,1-3H3,(H,17,19)(H2,18,20,21);1-5H,(H,16,17,18,19);;/q;;+1;-1. The zero-order valence-electron chi connectivity index (χ0n) is 26.1. The predicted molar refractivity (Wildman–Crippen MR) is 170 cm³/mol. The number of sulfonamides is 1. The first-order chi connectivity index (χ1) is 21.5. The van der Waals surface area contributed by atoms with Crippen molar-refractivity contribution in [1.29, 1.82) is 0 Å². The van der Waals surface area contributed by atoms with Gasteiger partial charge in [-0.3, -0.25) is 9.78 Å². The summed E-state index contributed by atoms with van der Waals surface area (Å²) in [4.78, 5) is 32.0. The van der Waals surface area contributed by atoms with Crippen LogP contribution >= 0.6 is 11.6 Å².